The van der Waals surface area contributed by atoms with Crippen molar-refractivity contribution in [3.63, 3.8) is 0 Å². The predicted octanol–water partition coefficient (Wildman–Crippen LogP) is 3.36. The molecule has 2 N–H and O–H groups in total. The molecule has 150 valence electrons. The van der Waals surface area contributed by atoms with Gasteiger partial charge in [-0.2, -0.15) is 0 Å². The molecule has 0 saturated carbocycles. The molecule has 6 heteroatoms. The first-order chi connectivity index (χ1) is 13.6. The van der Waals surface area contributed by atoms with Gasteiger partial charge >= 0.3 is 6.03 Å². The largest absolute Gasteiger partial charge is 0.486 e. The van der Waals surface area contributed by atoms with Crippen molar-refractivity contribution in [1.82, 2.24) is 10.2 Å². The smallest absolute Gasteiger partial charge is 0.318 e. The number of urea groups is 1. The molecule has 3 rings (SSSR count). The highest BCUT2D eigenvalue weighted by Crippen LogP contribution is 2.34. The Morgan fingerprint density at radius 1 is 1.11 bits per heavy atom. The lowest BCUT2D eigenvalue weighted by atomic mass is 9.95. The lowest BCUT2D eigenvalue weighted by molar-refractivity contribution is 0.166. The number of nitrogens with zero attached hydrogens (tertiary/aromatic N) is 1. The van der Waals surface area contributed by atoms with Crippen LogP contribution in [0.1, 0.15) is 31.0 Å². The molecule has 2 amide bonds. The van der Waals surface area contributed by atoms with E-state index in [2.05, 4.69) is 19.2 Å². The molecule has 0 bridgehead atoms. The normalized spacial score (nSPS) is 13.9. The predicted molar refractivity (Wildman–Crippen MR) is 107 cm³/mol. The number of carbonyl (C=O) groups is 1. The first-order valence-electron chi connectivity index (χ1n) is 9.68. The van der Waals surface area contributed by atoms with Gasteiger partial charge in [0.15, 0.2) is 11.5 Å². The van der Waals surface area contributed by atoms with Crippen molar-refractivity contribution in [2.24, 2.45) is 5.92 Å². The Bertz CT molecular complexity index is 779. The topological polar surface area (TPSA) is 71.0 Å². The van der Waals surface area contributed by atoms with Crippen molar-refractivity contribution in [2.45, 2.75) is 26.4 Å². The van der Waals surface area contributed by atoms with Crippen LogP contribution in [0.3, 0.4) is 0 Å². The molecule has 2 aromatic carbocycles. The van der Waals surface area contributed by atoms with Crippen molar-refractivity contribution >= 4 is 6.03 Å². The van der Waals surface area contributed by atoms with E-state index in [-0.39, 0.29) is 31.1 Å². The van der Waals surface area contributed by atoms with Crippen LogP contribution in [0.5, 0.6) is 11.5 Å². The zero-order valence-corrected chi connectivity index (χ0v) is 16.4. The second-order valence-electron chi connectivity index (χ2n) is 7.21. The minimum Gasteiger partial charge on any atom is -0.486 e. The van der Waals surface area contributed by atoms with E-state index in [9.17, 15) is 9.90 Å². The van der Waals surface area contributed by atoms with Gasteiger partial charge in [0, 0.05) is 13.1 Å². The van der Waals surface area contributed by atoms with E-state index in [0.717, 1.165) is 16.9 Å². The van der Waals surface area contributed by atoms with Crippen molar-refractivity contribution in [3.8, 4) is 11.5 Å². The van der Waals surface area contributed by atoms with E-state index in [1.807, 2.05) is 48.5 Å². The summed E-state index contributed by atoms with van der Waals surface area (Å²) < 4.78 is 11.3. The van der Waals surface area contributed by atoms with E-state index >= 15 is 0 Å². The zero-order valence-electron chi connectivity index (χ0n) is 16.4. The molecule has 1 aliphatic heterocycles. The number of hydrogen-bond donors (Lipinski definition) is 2. The van der Waals surface area contributed by atoms with Gasteiger partial charge < -0.3 is 24.8 Å². The molecule has 0 fully saturated rings. The van der Waals surface area contributed by atoms with E-state index < -0.39 is 0 Å². The SMILES string of the molecule is CC(C)C(NC(=O)N(CCO)Cc1ccccc1)c1ccc2c(c1)OCCO2. The van der Waals surface area contributed by atoms with Crippen LogP contribution in [0, 0.1) is 5.92 Å². The molecule has 0 spiro atoms. The molecule has 1 atom stereocenters. The van der Waals surface area contributed by atoms with Crippen LogP contribution in [0.4, 0.5) is 4.79 Å². The number of fused-ring (bicyclic) bond motifs is 1. The highest BCUT2D eigenvalue weighted by Gasteiger charge is 2.24. The highest BCUT2D eigenvalue weighted by atomic mass is 16.6. The third-order valence-corrected chi connectivity index (χ3v) is 4.74. The van der Waals surface area contributed by atoms with Gasteiger partial charge in [0.1, 0.15) is 13.2 Å². The third-order valence-electron chi connectivity index (χ3n) is 4.74. The summed E-state index contributed by atoms with van der Waals surface area (Å²) in [6.45, 7) is 5.83. The summed E-state index contributed by atoms with van der Waals surface area (Å²) in [4.78, 5) is 14.6. The highest BCUT2D eigenvalue weighted by molar-refractivity contribution is 5.75. The number of aliphatic hydroxyl groups is 1. The maximum atomic E-state index is 13.0. The van der Waals surface area contributed by atoms with Gasteiger partial charge in [-0.1, -0.05) is 50.2 Å². The molecule has 0 aliphatic carbocycles. The summed E-state index contributed by atoms with van der Waals surface area (Å²) in [5, 5.41) is 12.5. The summed E-state index contributed by atoms with van der Waals surface area (Å²) >= 11 is 0. The molecule has 6 nitrogen and oxygen atoms in total. The average Bonchev–Trinajstić information content (AvgIpc) is 2.71. The molecule has 28 heavy (non-hydrogen) atoms. The monoisotopic (exact) mass is 384 g/mol. The molecule has 1 heterocycles. The number of rotatable bonds is 7. The van der Waals surface area contributed by atoms with Gasteiger partial charge in [0.25, 0.3) is 0 Å². The number of carbonyl (C=O) groups excluding carboxylic acids is 1. The van der Waals surface area contributed by atoms with Crippen LogP contribution in [-0.4, -0.2) is 42.4 Å². The van der Waals surface area contributed by atoms with E-state index in [4.69, 9.17) is 9.47 Å². The number of aliphatic hydroxyl groups excluding tert-OH is 1. The Hall–Kier alpha value is -2.73. The van der Waals surface area contributed by atoms with Crippen LogP contribution >= 0.6 is 0 Å². The minimum absolute atomic E-state index is 0.0867. The molecular formula is C22H28N2O4. The maximum Gasteiger partial charge on any atom is 0.318 e. The fraction of sp³-hybridized carbons (Fsp3) is 0.409. The number of hydrogen-bond acceptors (Lipinski definition) is 4. The molecule has 1 aliphatic rings. The second kappa shape index (κ2) is 9.46. The van der Waals surface area contributed by atoms with Gasteiger partial charge in [0.05, 0.1) is 12.6 Å². The standard InChI is InChI=1S/C22H28N2O4/c1-16(2)21(18-8-9-19-20(14-18)28-13-12-27-19)23-22(26)24(10-11-25)15-17-6-4-3-5-7-17/h3-9,14,16,21,25H,10-13,15H2,1-2H3,(H,23,26). The number of ether oxygens (including phenoxy) is 2. The molecule has 2 aromatic rings. The lowest BCUT2D eigenvalue weighted by Gasteiger charge is -2.29. The van der Waals surface area contributed by atoms with Crippen LogP contribution in [-0.2, 0) is 6.54 Å². The summed E-state index contributed by atoms with van der Waals surface area (Å²) in [5.41, 5.74) is 1.99. The molecule has 0 radical (unpaired) electrons. The van der Waals surface area contributed by atoms with Gasteiger partial charge in [-0.05, 0) is 29.2 Å². The lowest BCUT2D eigenvalue weighted by Crippen LogP contribution is -2.43. The fourth-order valence-corrected chi connectivity index (χ4v) is 3.29. The van der Waals surface area contributed by atoms with Crippen LogP contribution in [0.2, 0.25) is 0 Å². The minimum atomic E-state index is -0.202. The van der Waals surface area contributed by atoms with Gasteiger partial charge in [-0.15, -0.1) is 0 Å². The van der Waals surface area contributed by atoms with Crippen molar-refractivity contribution in [1.29, 1.82) is 0 Å². The van der Waals surface area contributed by atoms with Crippen molar-refractivity contribution < 1.29 is 19.4 Å². The number of benzene rings is 2. The summed E-state index contributed by atoms with van der Waals surface area (Å²) in [5.74, 6) is 1.62. The van der Waals surface area contributed by atoms with Crippen LogP contribution in [0.25, 0.3) is 0 Å². The molecule has 0 saturated heterocycles. The fourth-order valence-electron chi connectivity index (χ4n) is 3.29. The maximum absolute atomic E-state index is 13.0. The van der Waals surface area contributed by atoms with Crippen molar-refractivity contribution in [2.75, 3.05) is 26.4 Å². The number of nitrogens with one attached hydrogen (secondary N) is 1. The van der Waals surface area contributed by atoms with Crippen molar-refractivity contribution in [3.05, 3.63) is 59.7 Å². The summed E-state index contributed by atoms with van der Waals surface area (Å²) in [7, 11) is 0. The third kappa shape index (κ3) is 4.95. The molecule has 1 unspecified atom stereocenters. The molecule has 0 aromatic heterocycles. The van der Waals surface area contributed by atoms with E-state index in [0.29, 0.717) is 25.5 Å². The first kappa shape index (κ1) is 20.0. The van der Waals surface area contributed by atoms with Gasteiger partial charge in [-0.3, -0.25) is 0 Å². The quantitative estimate of drug-likeness (QED) is 0.768. The summed E-state index contributed by atoms with van der Waals surface area (Å²) in [6.07, 6.45) is 0. The number of amides is 2. The Kier molecular flexibility index (Phi) is 6.76. The first-order valence-corrected chi connectivity index (χ1v) is 9.68. The van der Waals surface area contributed by atoms with E-state index in [1.165, 1.54) is 0 Å². The Morgan fingerprint density at radius 3 is 2.50 bits per heavy atom. The Labute approximate surface area is 166 Å². The van der Waals surface area contributed by atoms with E-state index in [1.54, 1.807) is 4.90 Å². The van der Waals surface area contributed by atoms with Crippen LogP contribution < -0.4 is 14.8 Å². The van der Waals surface area contributed by atoms with Crippen LogP contribution in [0.15, 0.2) is 48.5 Å². The summed E-state index contributed by atoms with van der Waals surface area (Å²) in [6, 6.07) is 15.2. The Morgan fingerprint density at radius 2 is 1.82 bits per heavy atom. The molecular weight excluding hydrogens is 356 g/mol. The average molecular weight is 384 g/mol. The van der Waals surface area contributed by atoms with Gasteiger partial charge in [0.2, 0.25) is 0 Å². The van der Waals surface area contributed by atoms with Gasteiger partial charge in [-0.25, -0.2) is 4.79 Å². The zero-order chi connectivity index (χ0) is 19.9. The second-order valence-corrected chi connectivity index (χ2v) is 7.21. The Balaban J connectivity index is 1.75.